The van der Waals surface area contributed by atoms with E-state index in [-0.39, 0.29) is 0 Å². The van der Waals surface area contributed by atoms with Gasteiger partial charge in [-0.2, -0.15) is 5.10 Å². The van der Waals surface area contributed by atoms with Gasteiger partial charge in [0.2, 0.25) is 0 Å². The Kier molecular flexibility index (Phi) is 7.15. The molecule has 0 bridgehead atoms. The lowest BCUT2D eigenvalue weighted by Gasteiger charge is -2.28. The van der Waals surface area contributed by atoms with E-state index in [0.717, 1.165) is 37.6 Å². The highest BCUT2D eigenvalue weighted by Gasteiger charge is 2.27. The molecule has 0 atom stereocenters. The number of hydrogen-bond acceptors (Lipinski definition) is 1. The lowest BCUT2D eigenvalue weighted by atomic mass is 9.81. The molecule has 2 aliphatic carbocycles. The smallest absolute Gasteiger partial charge is 0.0964 e. The molecule has 1 fully saturated rings. The summed E-state index contributed by atoms with van der Waals surface area (Å²) in [7, 11) is 0. The zero-order valence-electron chi connectivity index (χ0n) is 20.0. The van der Waals surface area contributed by atoms with Crippen molar-refractivity contribution >= 4 is 5.57 Å². The van der Waals surface area contributed by atoms with Gasteiger partial charge >= 0.3 is 0 Å². The first kappa shape index (κ1) is 22.1. The lowest BCUT2D eigenvalue weighted by Crippen LogP contribution is -2.20. The van der Waals surface area contributed by atoms with Gasteiger partial charge in [0, 0.05) is 17.8 Å². The van der Waals surface area contributed by atoms with E-state index in [9.17, 15) is 0 Å². The molecule has 4 rings (SSSR count). The molecule has 2 heteroatoms. The molecule has 1 aromatic carbocycles. The molecule has 31 heavy (non-hydrogen) atoms. The van der Waals surface area contributed by atoms with Crippen LogP contribution in [0.15, 0.2) is 42.5 Å². The number of hydrogen-bond donors (Lipinski definition) is 0. The van der Waals surface area contributed by atoms with Gasteiger partial charge in [0.1, 0.15) is 0 Å². The summed E-state index contributed by atoms with van der Waals surface area (Å²) in [6, 6.07) is 9.15. The summed E-state index contributed by atoms with van der Waals surface area (Å²) in [5.74, 6) is 2.16. The Labute approximate surface area is 189 Å². The van der Waals surface area contributed by atoms with Crippen molar-refractivity contribution < 1.29 is 0 Å². The molecule has 1 saturated carbocycles. The fourth-order valence-corrected chi connectivity index (χ4v) is 5.52. The number of allylic oxidation sites excluding steroid dienone is 4. The van der Waals surface area contributed by atoms with Crippen LogP contribution in [0.2, 0.25) is 0 Å². The van der Waals surface area contributed by atoms with Crippen LogP contribution < -0.4 is 0 Å². The first-order valence-electron chi connectivity index (χ1n) is 12.7. The molecule has 0 N–H and O–H groups in total. The van der Waals surface area contributed by atoms with Gasteiger partial charge in [0.05, 0.1) is 5.69 Å². The molecule has 0 saturated heterocycles. The number of aryl methyl sites for hydroxylation is 1. The lowest BCUT2D eigenvalue weighted by molar-refractivity contribution is 0.239. The van der Waals surface area contributed by atoms with Crippen molar-refractivity contribution in [2.24, 2.45) is 11.8 Å². The normalized spacial score (nSPS) is 21.5. The summed E-state index contributed by atoms with van der Waals surface area (Å²) in [6.07, 6.45) is 16.9. The van der Waals surface area contributed by atoms with Gasteiger partial charge in [0.25, 0.3) is 0 Å². The maximum atomic E-state index is 5.33. The second kappa shape index (κ2) is 10.0. The summed E-state index contributed by atoms with van der Waals surface area (Å²) in [5.41, 5.74) is 8.18. The van der Waals surface area contributed by atoms with Gasteiger partial charge < -0.3 is 0 Å². The van der Waals surface area contributed by atoms with Crippen molar-refractivity contribution in [1.82, 2.24) is 9.78 Å². The van der Waals surface area contributed by atoms with E-state index in [1.54, 1.807) is 0 Å². The summed E-state index contributed by atoms with van der Waals surface area (Å²) >= 11 is 0. The van der Waals surface area contributed by atoms with Gasteiger partial charge in [-0.05, 0) is 66.6 Å². The SMILES string of the molecule is CCc1cccc(-c2c(C3=CC=CCC3)nn(CC3CCC(CC)CC3)c2C(C)C)c1. The molecule has 0 aliphatic heterocycles. The molecule has 0 unspecified atom stereocenters. The minimum Gasteiger partial charge on any atom is -0.268 e. The van der Waals surface area contributed by atoms with Crippen molar-refractivity contribution in [3.63, 3.8) is 0 Å². The summed E-state index contributed by atoms with van der Waals surface area (Å²) in [5, 5.41) is 5.33. The van der Waals surface area contributed by atoms with Crippen LogP contribution in [0, 0.1) is 11.8 Å². The molecule has 0 spiro atoms. The van der Waals surface area contributed by atoms with Gasteiger partial charge in [-0.25, -0.2) is 0 Å². The van der Waals surface area contributed by atoms with E-state index < -0.39 is 0 Å². The number of nitrogens with zero attached hydrogens (tertiary/aromatic N) is 2. The Morgan fingerprint density at radius 1 is 1.06 bits per heavy atom. The molecular formula is C29H40N2. The Morgan fingerprint density at radius 2 is 1.84 bits per heavy atom. The molecular weight excluding hydrogens is 376 g/mol. The highest BCUT2D eigenvalue weighted by atomic mass is 15.3. The molecule has 0 amide bonds. The van der Waals surface area contributed by atoms with Crippen LogP contribution in [-0.2, 0) is 13.0 Å². The van der Waals surface area contributed by atoms with Crippen LogP contribution in [0.5, 0.6) is 0 Å². The van der Waals surface area contributed by atoms with Crippen molar-refractivity contribution in [2.45, 2.75) is 91.5 Å². The Bertz CT molecular complexity index is 936. The Hall–Kier alpha value is -2.09. The monoisotopic (exact) mass is 416 g/mol. The van der Waals surface area contributed by atoms with E-state index >= 15 is 0 Å². The largest absolute Gasteiger partial charge is 0.268 e. The van der Waals surface area contributed by atoms with Crippen LogP contribution >= 0.6 is 0 Å². The topological polar surface area (TPSA) is 17.8 Å². The molecule has 2 aromatic rings. The Balaban J connectivity index is 1.77. The third-order valence-corrected chi connectivity index (χ3v) is 7.46. The third kappa shape index (κ3) is 4.89. The predicted molar refractivity (Wildman–Crippen MR) is 133 cm³/mol. The van der Waals surface area contributed by atoms with Crippen molar-refractivity contribution in [2.75, 3.05) is 0 Å². The Morgan fingerprint density at radius 3 is 2.48 bits per heavy atom. The first-order valence-corrected chi connectivity index (χ1v) is 12.7. The maximum Gasteiger partial charge on any atom is 0.0964 e. The molecule has 1 heterocycles. The number of aromatic nitrogens is 2. The van der Waals surface area contributed by atoms with E-state index in [1.807, 2.05) is 0 Å². The zero-order valence-corrected chi connectivity index (χ0v) is 20.0. The summed E-state index contributed by atoms with van der Waals surface area (Å²) in [6.45, 7) is 10.4. The van der Waals surface area contributed by atoms with E-state index in [1.165, 1.54) is 65.8 Å². The number of benzene rings is 1. The fourth-order valence-electron chi connectivity index (χ4n) is 5.52. The minimum absolute atomic E-state index is 0.452. The first-order chi connectivity index (χ1) is 15.1. The number of rotatable bonds is 7. The highest BCUT2D eigenvalue weighted by molar-refractivity contribution is 5.82. The molecule has 1 aromatic heterocycles. The van der Waals surface area contributed by atoms with Crippen molar-refractivity contribution in [3.8, 4) is 11.1 Å². The van der Waals surface area contributed by atoms with Crippen LogP contribution in [0.25, 0.3) is 16.7 Å². The molecule has 2 aliphatic rings. The summed E-state index contributed by atoms with van der Waals surface area (Å²) in [4.78, 5) is 0. The molecule has 0 radical (unpaired) electrons. The minimum atomic E-state index is 0.452. The standard InChI is InChI=1S/C29H40N2/c1-5-22-15-17-24(18-16-22)20-31-29(21(3)4)27(26-14-10-11-23(6-2)19-26)28(30-31)25-12-8-7-9-13-25/h7-8,10-12,14,19,21-22,24H,5-6,9,13,15-18,20H2,1-4H3. The highest BCUT2D eigenvalue weighted by Crippen LogP contribution is 2.40. The van der Waals surface area contributed by atoms with E-state index in [2.05, 4.69) is 74.9 Å². The van der Waals surface area contributed by atoms with Gasteiger partial charge in [-0.3, -0.25) is 4.68 Å². The quantitative estimate of drug-likeness (QED) is 0.445. The van der Waals surface area contributed by atoms with Crippen LogP contribution in [-0.4, -0.2) is 9.78 Å². The van der Waals surface area contributed by atoms with Crippen molar-refractivity contribution in [1.29, 1.82) is 0 Å². The van der Waals surface area contributed by atoms with Crippen LogP contribution in [0.1, 0.15) is 95.5 Å². The van der Waals surface area contributed by atoms with Gasteiger partial charge in [-0.1, -0.05) is 89.5 Å². The maximum absolute atomic E-state index is 5.33. The van der Waals surface area contributed by atoms with E-state index in [0.29, 0.717) is 5.92 Å². The average Bonchev–Trinajstić information content (AvgIpc) is 3.19. The molecule has 2 nitrogen and oxygen atoms in total. The second-order valence-corrected chi connectivity index (χ2v) is 9.95. The summed E-state index contributed by atoms with van der Waals surface area (Å²) < 4.78 is 2.41. The van der Waals surface area contributed by atoms with Gasteiger partial charge in [0.15, 0.2) is 0 Å². The van der Waals surface area contributed by atoms with Crippen molar-refractivity contribution in [3.05, 3.63) is 59.4 Å². The fraction of sp³-hybridized carbons (Fsp3) is 0.552. The second-order valence-electron chi connectivity index (χ2n) is 9.95. The average molecular weight is 417 g/mol. The van der Waals surface area contributed by atoms with Crippen LogP contribution in [0.3, 0.4) is 0 Å². The van der Waals surface area contributed by atoms with Gasteiger partial charge in [-0.15, -0.1) is 0 Å². The van der Waals surface area contributed by atoms with E-state index in [4.69, 9.17) is 5.10 Å². The third-order valence-electron chi connectivity index (χ3n) is 7.46. The zero-order chi connectivity index (χ0) is 21.8. The predicted octanol–water partition coefficient (Wildman–Crippen LogP) is 8.19. The molecule has 166 valence electrons. The van der Waals surface area contributed by atoms with Crippen LogP contribution in [0.4, 0.5) is 0 Å².